The first-order valence-electron chi connectivity index (χ1n) is 5.48. The molecule has 0 saturated carbocycles. The highest BCUT2D eigenvalue weighted by Gasteiger charge is 2.20. The van der Waals surface area contributed by atoms with Crippen molar-refractivity contribution < 1.29 is 19.5 Å². The van der Waals surface area contributed by atoms with Crippen molar-refractivity contribution in [2.75, 3.05) is 27.8 Å². The van der Waals surface area contributed by atoms with Crippen LogP contribution in [-0.4, -0.2) is 49.7 Å². The summed E-state index contributed by atoms with van der Waals surface area (Å²) in [7, 11) is 4.49. The number of nitrogens with two attached hydrogens (primary N) is 1. The maximum Gasteiger partial charge on any atom is 0.257 e. The molecule has 7 nitrogen and oxygen atoms in total. The van der Waals surface area contributed by atoms with E-state index in [4.69, 9.17) is 20.4 Å². The average molecular weight is 267 g/mol. The van der Waals surface area contributed by atoms with Gasteiger partial charge in [0.15, 0.2) is 17.3 Å². The SMILES string of the molecule is COc1cccc(C(=O)N(C)CC(N)=NO)c1OC. The predicted molar refractivity (Wildman–Crippen MR) is 69.9 cm³/mol. The van der Waals surface area contributed by atoms with Crippen LogP contribution in [0, 0.1) is 0 Å². The van der Waals surface area contributed by atoms with Crippen LogP contribution >= 0.6 is 0 Å². The lowest BCUT2D eigenvalue weighted by molar-refractivity contribution is 0.0809. The van der Waals surface area contributed by atoms with E-state index in [-0.39, 0.29) is 18.3 Å². The van der Waals surface area contributed by atoms with Crippen LogP contribution in [0.3, 0.4) is 0 Å². The first-order valence-corrected chi connectivity index (χ1v) is 5.48. The highest BCUT2D eigenvalue weighted by molar-refractivity contribution is 5.99. The topological polar surface area (TPSA) is 97.4 Å². The van der Waals surface area contributed by atoms with Gasteiger partial charge < -0.3 is 25.3 Å². The fraction of sp³-hybridized carbons (Fsp3) is 0.333. The molecule has 0 spiro atoms. The van der Waals surface area contributed by atoms with Gasteiger partial charge in [0.25, 0.3) is 5.91 Å². The zero-order valence-electron chi connectivity index (χ0n) is 11.1. The average Bonchev–Trinajstić information content (AvgIpc) is 2.44. The number of rotatable bonds is 5. The van der Waals surface area contributed by atoms with Crippen molar-refractivity contribution in [2.24, 2.45) is 10.9 Å². The predicted octanol–water partition coefficient (Wildman–Crippen LogP) is 0.522. The minimum Gasteiger partial charge on any atom is -0.493 e. The summed E-state index contributed by atoms with van der Waals surface area (Å²) in [5, 5.41) is 11.3. The lowest BCUT2D eigenvalue weighted by atomic mass is 10.1. The molecule has 0 heterocycles. The third-order valence-corrected chi connectivity index (χ3v) is 2.51. The van der Waals surface area contributed by atoms with E-state index < -0.39 is 0 Å². The molecule has 0 aliphatic rings. The molecule has 0 aliphatic heterocycles. The van der Waals surface area contributed by atoms with Gasteiger partial charge in [0, 0.05) is 7.05 Å². The molecule has 0 saturated heterocycles. The summed E-state index contributed by atoms with van der Waals surface area (Å²) in [6.07, 6.45) is 0. The number of amides is 1. The molecule has 0 aliphatic carbocycles. The van der Waals surface area contributed by atoms with E-state index in [1.807, 2.05) is 0 Å². The largest absolute Gasteiger partial charge is 0.493 e. The van der Waals surface area contributed by atoms with Crippen LogP contribution in [0.2, 0.25) is 0 Å². The molecular formula is C12H17N3O4. The number of carbonyl (C=O) groups excluding carboxylic acids is 1. The van der Waals surface area contributed by atoms with E-state index in [9.17, 15) is 4.79 Å². The molecular weight excluding hydrogens is 250 g/mol. The number of para-hydroxylation sites is 1. The summed E-state index contributed by atoms with van der Waals surface area (Å²) >= 11 is 0. The Labute approximate surface area is 111 Å². The zero-order valence-corrected chi connectivity index (χ0v) is 11.1. The summed E-state index contributed by atoms with van der Waals surface area (Å²) < 4.78 is 10.3. The van der Waals surface area contributed by atoms with Gasteiger partial charge >= 0.3 is 0 Å². The lowest BCUT2D eigenvalue weighted by Crippen LogP contribution is -2.35. The Balaban J connectivity index is 3.05. The van der Waals surface area contributed by atoms with Crippen LogP contribution in [0.1, 0.15) is 10.4 Å². The molecule has 3 N–H and O–H groups in total. The minimum atomic E-state index is -0.317. The number of carbonyl (C=O) groups is 1. The van der Waals surface area contributed by atoms with Crippen molar-refractivity contribution in [1.29, 1.82) is 0 Å². The van der Waals surface area contributed by atoms with Crippen molar-refractivity contribution in [2.45, 2.75) is 0 Å². The monoisotopic (exact) mass is 267 g/mol. The summed E-state index contributed by atoms with van der Waals surface area (Å²) in [5.41, 5.74) is 5.71. The third kappa shape index (κ3) is 3.27. The smallest absolute Gasteiger partial charge is 0.257 e. The summed E-state index contributed by atoms with van der Waals surface area (Å²) in [5.74, 6) is 0.437. The van der Waals surface area contributed by atoms with E-state index in [1.54, 1.807) is 25.2 Å². The molecule has 0 bridgehead atoms. The lowest BCUT2D eigenvalue weighted by Gasteiger charge is -2.18. The summed E-state index contributed by atoms with van der Waals surface area (Å²) in [6.45, 7) is 0.00962. The number of benzene rings is 1. The zero-order chi connectivity index (χ0) is 14.4. The fourth-order valence-corrected chi connectivity index (χ4v) is 1.61. The molecule has 0 atom stereocenters. The Morgan fingerprint density at radius 2 is 2.11 bits per heavy atom. The van der Waals surface area contributed by atoms with Crippen LogP contribution in [0.25, 0.3) is 0 Å². The third-order valence-electron chi connectivity index (χ3n) is 2.51. The summed E-state index contributed by atoms with van der Waals surface area (Å²) in [4.78, 5) is 13.6. The second-order valence-corrected chi connectivity index (χ2v) is 3.79. The van der Waals surface area contributed by atoms with E-state index in [2.05, 4.69) is 5.16 Å². The van der Waals surface area contributed by atoms with Gasteiger partial charge in [-0.25, -0.2) is 0 Å². The van der Waals surface area contributed by atoms with E-state index in [1.165, 1.54) is 19.1 Å². The van der Waals surface area contributed by atoms with Gasteiger partial charge in [-0.15, -0.1) is 0 Å². The van der Waals surface area contributed by atoms with Crippen molar-refractivity contribution in [3.05, 3.63) is 23.8 Å². The van der Waals surface area contributed by atoms with E-state index in [0.717, 1.165) is 0 Å². The van der Waals surface area contributed by atoms with Gasteiger partial charge in [-0.05, 0) is 12.1 Å². The van der Waals surface area contributed by atoms with Gasteiger partial charge in [-0.2, -0.15) is 0 Å². The van der Waals surface area contributed by atoms with E-state index in [0.29, 0.717) is 17.1 Å². The van der Waals surface area contributed by atoms with Gasteiger partial charge in [0.05, 0.1) is 26.3 Å². The number of nitrogens with zero attached hydrogens (tertiary/aromatic N) is 2. The molecule has 0 aromatic heterocycles. The maximum atomic E-state index is 12.2. The Kier molecular flexibility index (Phi) is 4.99. The maximum absolute atomic E-state index is 12.2. The molecule has 7 heteroatoms. The van der Waals surface area contributed by atoms with Gasteiger partial charge in [-0.3, -0.25) is 4.79 Å². The fourth-order valence-electron chi connectivity index (χ4n) is 1.61. The molecule has 19 heavy (non-hydrogen) atoms. The van der Waals surface area contributed by atoms with Gasteiger partial charge in [0.2, 0.25) is 0 Å². The summed E-state index contributed by atoms with van der Waals surface area (Å²) in [6, 6.07) is 5.00. The van der Waals surface area contributed by atoms with Crippen molar-refractivity contribution >= 4 is 11.7 Å². The standard InChI is InChI=1S/C12H17N3O4/c1-15(7-10(13)14-17)12(16)8-5-4-6-9(18-2)11(8)19-3/h4-6,17H,7H2,1-3H3,(H2,13,14). The number of oxime groups is 1. The number of hydrogen-bond acceptors (Lipinski definition) is 5. The molecule has 104 valence electrons. The van der Waals surface area contributed by atoms with Crippen LogP contribution in [0.5, 0.6) is 11.5 Å². The number of hydrogen-bond donors (Lipinski definition) is 2. The number of methoxy groups -OCH3 is 2. The Morgan fingerprint density at radius 1 is 1.42 bits per heavy atom. The minimum absolute atomic E-state index is 0.00962. The molecule has 1 amide bonds. The van der Waals surface area contributed by atoms with Gasteiger partial charge in [0.1, 0.15) is 0 Å². The van der Waals surface area contributed by atoms with Crippen LogP contribution in [0.4, 0.5) is 0 Å². The molecule has 0 fully saturated rings. The molecule has 0 unspecified atom stereocenters. The van der Waals surface area contributed by atoms with Gasteiger partial charge in [-0.1, -0.05) is 11.2 Å². The highest BCUT2D eigenvalue weighted by atomic mass is 16.5. The Bertz CT molecular complexity index is 488. The second-order valence-electron chi connectivity index (χ2n) is 3.79. The molecule has 1 aromatic rings. The Hall–Kier alpha value is -2.44. The molecule has 0 radical (unpaired) electrons. The van der Waals surface area contributed by atoms with Crippen molar-refractivity contribution in [3.8, 4) is 11.5 Å². The number of likely N-dealkylation sites (N-methyl/N-ethyl adjacent to an activating group) is 1. The Morgan fingerprint density at radius 3 is 2.63 bits per heavy atom. The molecule has 1 aromatic carbocycles. The van der Waals surface area contributed by atoms with E-state index >= 15 is 0 Å². The number of ether oxygens (including phenoxy) is 2. The molecule has 1 rings (SSSR count). The first-order chi connectivity index (χ1) is 9.04. The van der Waals surface area contributed by atoms with Crippen LogP contribution < -0.4 is 15.2 Å². The normalized spacial score (nSPS) is 11.0. The van der Waals surface area contributed by atoms with Crippen molar-refractivity contribution in [3.63, 3.8) is 0 Å². The number of amidine groups is 1. The van der Waals surface area contributed by atoms with Crippen LogP contribution in [0.15, 0.2) is 23.4 Å². The van der Waals surface area contributed by atoms with Crippen molar-refractivity contribution in [1.82, 2.24) is 4.90 Å². The first kappa shape index (κ1) is 14.6. The van der Waals surface area contributed by atoms with Crippen LogP contribution in [-0.2, 0) is 0 Å². The highest BCUT2D eigenvalue weighted by Crippen LogP contribution is 2.31. The second kappa shape index (κ2) is 6.48. The quantitative estimate of drug-likeness (QED) is 0.351.